The van der Waals surface area contributed by atoms with Crippen molar-refractivity contribution in [3.8, 4) is 28.3 Å². The first-order valence-corrected chi connectivity index (χ1v) is 9.80. The SMILES string of the molecule is CCn1ncc2c1-c1cnc(N)c(c1)OCc1cc(F)ccc1-c1ncccc1C2. The minimum Gasteiger partial charge on any atom is -0.485 e. The lowest BCUT2D eigenvalue weighted by atomic mass is 9.95. The maximum Gasteiger partial charge on any atom is 0.166 e. The van der Waals surface area contributed by atoms with Crippen molar-refractivity contribution in [3.63, 3.8) is 0 Å². The highest BCUT2D eigenvalue weighted by Crippen LogP contribution is 2.35. The number of rotatable bonds is 1. The molecule has 7 heteroatoms. The van der Waals surface area contributed by atoms with E-state index >= 15 is 0 Å². The van der Waals surface area contributed by atoms with Gasteiger partial charge in [-0.1, -0.05) is 6.07 Å². The fraction of sp³-hybridized carbons (Fsp3) is 0.174. The molecule has 2 N–H and O–H groups in total. The third-order valence-corrected chi connectivity index (χ3v) is 5.35. The van der Waals surface area contributed by atoms with Gasteiger partial charge < -0.3 is 10.5 Å². The maximum atomic E-state index is 14.0. The molecule has 0 saturated heterocycles. The number of halogens is 1. The zero-order valence-electron chi connectivity index (χ0n) is 16.5. The molecular weight excluding hydrogens is 381 g/mol. The molecule has 150 valence electrons. The van der Waals surface area contributed by atoms with Gasteiger partial charge in [0.1, 0.15) is 12.4 Å². The normalized spacial score (nSPS) is 12.6. The van der Waals surface area contributed by atoms with Crippen LogP contribution in [0.15, 0.2) is 55.0 Å². The lowest BCUT2D eigenvalue weighted by molar-refractivity contribution is 0.307. The number of aromatic nitrogens is 4. The summed E-state index contributed by atoms with van der Waals surface area (Å²) in [5.41, 5.74) is 12.3. The van der Waals surface area contributed by atoms with E-state index in [2.05, 4.69) is 15.1 Å². The fourth-order valence-corrected chi connectivity index (χ4v) is 3.93. The summed E-state index contributed by atoms with van der Waals surface area (Å²) in [7, 11) is 0. The molecule has 3 aromatic heterocycles. The van der Waals surface area contributed by atoms with Gasteiger partial charge in [0, 0.05) is 47.6 Å². The van der Waals surface area contributed by atoms with Gasteiger partial charge in [0.15, 0.2) is 11.6 Å². The maximum absolute atomic E-state index is 14.0. The molecule has 4 aromatic rings. The molecule has 0 atom stereocenters. The van der Waals surface area contributed by atoms with E-state index in [0.29, 0.717) is 17.7 Å². The van der Waals surface area contributed by atoms with E-state index in [1.165, 1.54) is 12.1 Å². The van der Waals surface area contributed by atoms with Crippen LogP contribution < -0.4 is 10.5 Å². The summed E-state index contributed by atoms with van der Waals surface area (Å²) in [6, 6.07) is 10.5. The Morgan fingerprint density at radius 3 is 2.87 bits per heavy atom. The minimum atomic E-state index is -0.326. The number of aryl methyl sites for hydroxylation is 1. The molecule has 30 heavy (non-hydrogen) atoms. The van der Waals surface area contributed by atoms with Crippen molar-refractivity contribution in [1.29, 1.82) is 0 Å². The van der Waals surface area contributed by atoms with Gasteiger partial charge in [-0.15, -0.1) is 0 Å². The number of nitrogens with zero attached hydrogens (tertiary/aromatic N) is 4. The minimum absolute atomic E-state index is 0.151. The third kappa shape index (κ3) is 3.08. The number of ether oxygens (including phenoxy) is 1. The second-order valence-electron chi connectivity index (χ2n) is 7.22. The molecular formula is C23H20FN5O. The quantitative estimate of drug-likeness (QED) is 0.516. The lowest BCUT2D eigenvalue weighted by Crippen LogP contribution is -2.07. The molecule has 1 aromatic carbocycles. The second kappa shape index (κ2) is 7.26. The van der Waals surface area contributed by atoms with Crippen molar-refractivity contribution in [2.75, 3.05) is 5.73 Å². The van der Waals surface area contributed by atoms with Crippen LogP contribution in [0.4, 0.5) is 10.2 Å². The summed E-state index contributed by atoms with van der Waals surface area (Å²) in [5, 5.41) is 4.56. The highest BCUT2D eigenvalue weighted by Gasteiger charge is 2.20. The summed E-state index contributed by atoms with van der Waals surface area (Å²) in [6.45, 7) is 2.92. The Hall–Kier alpha value is -3.74. The number of anilines is 1. The summed E-state index contributed by atoms with van der Waals surface area (Å²) in [6.07, 6.45) is 6.00. The molecule has 0 spiro atoms. The first-order chi connectivity index (χ1) is 14.6. The van der Waals surface area contributed by atoms with Crippen LogP contribution in [0.1, 0.15) is 23.6 Å². The standard InChI is InChI=1S/C23H20FN5O/c1-2-29-22-15(12-28-29)8-14-4-3-7-26-21(14)19-6-5-18(24)9-17(19)13-30-20-10-16(22)11-27-23(20)25/h3-7,9-12H,2,8,13H2,1H3,(H2,25,27). The number of benzene rings is 1. The van der Waals surface area contributed by atoms with Gasteiger partial charge in [0.2, 0.25) is 0 Å². The first-order valence-electron chi connectivity index (χ1n) is 9.80. The van der Waals surface area contributed by atoms with Gasteiger partial charge in [0.25, 0.3) is 0 Å². The van der Waals surface area contributed by atoms with Crippen molar-refractivity contribution in [1.82, 2.24) is 19.7 Å². The molecule has 6 nitrogen and oxygen atoms in total. The second-order valence-corrected chi connectivity index (χ2v) is 7.22. The van der Waals surface area contributed by atoms with E-state index in [-0.39, 0.29) is 18.2 Å². The number of pyridine rings is 2. The first kappa shape index (κ1) is 18.3. The van der Waals surface area contributed by atoms with Crippen molar-refractivity contribution >= 4 is 5.82 Å². The summed E-state index contributed by atoms with van der Waals surface area (Å²) < 4.78 is 22.0. The molecule has 0 unspecified atom stereocenters. The Kier molecular flexibility index (Phi) is 4.43. The third-order valence-electron chi connectivity index (χ3n) is 5.35. The van der Waals surface area contributed by atoms with E-state index in [4.69, 9.17) is 10.5 Å². The topological polar surface area (TPSA) is 78.9 Å². The van der Waals surface area contributed by atoms with Gasteiger partial charge >= 0.3 is 0 Å². The molecule has 0 aliphatic carbocycles. The van der Waals surface area contributed by atoms with Crippen LogP contribution in [-0.2, 0) is 19.6 Å². The molecule has 1 aliphatic rings. The highest BCUT2D eigenvalue weighted by molar-refractivity contribution is 5.71. The Morgan fingerprint density at radius 2 is 2.00 bits per heavy atom. The number of nitrogen functional groups attached to an aromatic ring is 1. The van der Waals surface area contributed by atoms with Crippen molar-refractivity contribution < 1.29 is 9.13 Å². The largest absolute Gasteiger partial charge is 0.485 e. The summed E-state index contributed by atoms with van der Waals surface area (Å²) in [5.74, 6) is 0.420. The van der Waals surface area contributed by atoms with E-state index in [1.807, 2.05) is 36.0 Å². The molecule has 4 heterocycles. The van der Waals surface area contributed by atoms with E-state index in [9.17, 15) is 4.39 Å². The number of hydrogen-bond donors (Lipinski definition) is 1. The van der Waals surface area contributed by atoms with Gasteiger partial charge in [-0.3, -0.25) is 9.67 Å². The lowest BCUT2D eigenvalue weighted by Gasteiger charge is -2.17. The number of hydrogen-bond acceptors (Lipinski definition) is 5. The fourth-order valence-electron chi connectivity index (χ4n) is 3.93. The van der Waals surface area contributed by atoms with Gasteiger partial charge in [-0.2, -0.15) is 5.10 Å². The summed E-state index contributed by atoms with van der Waals surface area (Å²) >= 11 is 0. The average Bonchev–Trinajstić information content (AvgIpc) is 3.16. The highest BCUT2D eigenvalue weighted by atomic mass is 19.1. The monoisotopic (exact) mass is 401 g/mol. The zero-order valence-corrected chi connectivity index (χ0v) is 16.5. The molecule has 1 aliphatic heterocycles. The van der Waals surface area contributed by atoms with Crippen LogP contribution in [-0.4, -0.2) is 19.7 Å². The predicted octanol–water partition coefficient (Wildman–Crippen LogP) is 4.23. The Balaban J connectivity index is 1.78. The smallest absolute Gasteiger partial charge is 0.166 e. The molecule has 0 amide bonds. The number of fused-ring (bicyclic) bond motifs is 7. The number of nitrogens with two attached hydrogens (primary N) is 1. The zero-order chi connectivity index (χ0) is 20.7. The molecule has 5 rings (SSSR count). The summed E-state index contributed by atoms with van der Waals surface area (Å²) in [4.78, 5) is 8.95. The molecule has 0 radical (unpaired) electrons. The van der Waals surface area contributed by atoms with E-state index in [0.717, 1.165) is 40.2 Å². The Morgan fingerprint density at radius 1 is 1.10 bits per heavy atom. The van der Waals surface area contributed by atoms with Crippen LogP contribution in [0, 0.1) is 5.82 Å². The van der Waals surface area contributed by atoms with Gasteiger partial charge in [-0.05, 0) is 42.8 Å². The molecule has 0 saturated carbocycles. The van der Waals surface area contributed by atoms with Crippen molar-refractivity contribution in [2.24, 2.45) is 0 Å². The van der Waals surface area contributed by atoms with Crippen molar-refractivity contribution in [2.45, 2.75) is 26.5 Å². The Bertz CT molecular complexity index is 1250. The molecule has 2 bridgehead atoms. The Labute approximate surface area is 173 Å². The van der Waals surface area contributed by atoms with Crippen LogP contribution in [0.25, 0.3) is 22.5 Å². The van der Waals surface area contributed by atoms with Crippen LogP contribution in [0.2, 0.25) is 0 Å². The van der Waals surface area contributed by atoms with Gasteiger partial charge in [0.05, 0.1) is 17.6 Å². The van der Waals surface area contributed by atoms with Crippen LogP contribution >= 0.6 is 0 Å². The van der Waals surface area contributed by atoms with Crippen LogP contribution in [0.3, 0.4) is 0 Å². The van der Waals surface area contributed by atoms with Crippen molar-refractivity contribution in [3.05, 3.63) is 77.5 Å². The van der Waals surface area contributed by atoms with E-state index in [1.54, 1.807) is 18.5 Å². The van der Waals surface area contributed by atoms with E-state index < -0.39 is 0 Å². The molecule has 0 fully saturated rings. The predicted molar refractivity (Wildman–Crippen MR) is 112 cm³/mol. The average molecular weight is 401 g/mol. The van der Waals surface area contributed by atoms with Crippen LogP contribution in [0.5, 0.6) is 5.75 Å². The van der Waals surface area contributed by atoms with Gasteiger partial charge in [-0.25, -0.2) is 9.37 Å².